The molecule has 1 aromatic heterocycles. The van der Waals surface area contributed by atoms with Gasteiger partial charge in [0.05, 0.1) is 11.7 Å². The molecule has 0 saturated heterocycles. The van der Waals surface area contributed by atoms with Gasteiger partial charge in [0.2, 0.25) is 0 Å². The van der Waals surface area contributed by atoms with E-state index in [0.717, 1.165) is 19.4 Å². The standard InChI is InChI=1S/C17H21N3/c1-20(2)12-13-5-8-15(9-6-13)19-16-10-7-14-4-3-11-18-17(14)16/h3-6,8-9,11,16,19H,7,10,12H2,1-2H3. The van der Waals surface area contributed by atoms with E-state index in [2.05, 4.69) is 59.6 Å². The molecule has 0 radical (unpaired) electrons. The van der Waals surface area contributed by atoms with Crippen molar-refractivity contribution in [3.05, 3.63) is 59.4 Å². The van der Waals surface area contributed by atoms with E-state index in [0.29, 0.717) is 6.04 Å². The lowest BCUT2D eigenvalue weighted by molar-refractivity contribution is 0.402. The van der Waals surface area contributed by atoms with E-state index in [4.69, 9.17) is 0 Å². The van der Waals surface area contributed by atoms with Crippen LogP contribution in [0.2, 0.25) is 0 Å². The molecule has 1 aliphatic carbocycles. The Balaban J connectivity index is 1.70. The van der Waals surface area contributed by atoms with Gasteiger partial charge in [0.25, 0.3) is 0 Å². The summed E-state index contributed by atoms with van der Waals surface area (Å²) in [7, 11) is 4.18. The Morgan fingerprint density at radius 2 is 2.00 bits per heavy atom. The fourth-order valence-electron chi connectivity index (χ4n) is 2.83. The number of aromatic nitrogens is 1. The highest BCUT2D eigenvalue weighted by Gasteiger charge is 2.23. The van der Waals surface area contributed by atoms with Crippen LogP contribution in [0.15, 0.2) is 42.6 Å². The number of rotatable bonds is 4. The maximum absolute atomic E-state index is 4.52. The second-order valence-electron chi connectivity index (χ2n) is 5.72. The Morgan fingerprint density at radius 1 is 1.20 bits per heavy atom. The van der Waals surface area contributed by atoms with Gasteiger partial charge in [0.1, 0.15) is 0 Å². The van der Waals surface area contributed by atoms with Crippen LogP contribution in [-0.2, 0) is 13.0 Å². The van der Waals surface area contributed by atoms with Crippen molar-refractivity contribution in [3.8, 4) is 0 Å². The average molecular weight is 267 g/mol. The molecular formula is C17H21N3. The number of benzene rings is 1. The minimum atomic E-state index is 0.353. The van der Waals surface area contributed by atoms with Crippen molar-refractivity contribution < 1.29 is 0 Å². The first-order valence-corrected chi connectivity index (χ1v) is 7.16. The normalized spacial score (nSPS) is 17.2. The van der Waals surface area contributed by atoms with Gasteiger partial charge >= 0.3 is 0 Å². The molecule has 0 spiro atoms. The molecule has 1 unspecified atom stereocenters. The Morgan fingerprint density at radius 3 is 2.75 bits per heavy atom. The molecule has 1 heterocycles. The first kappa shape index (κ1) is 13.1. The second-order valence-corrected chi connectivity index (χ2v) is 5.72. The average Bonchev–Trinajstić information content (AvgIpc) is 2.84. The molecule has 3 rings (SSSR count). The van der Waals surface area contributed by atoms with E-state index in [1.54, 1.807) is 0 Å². The van der Waals surface area contributed by atoms with Crippen molar-refractivity contribution in [1.82, 2.24) is 9.88 Å². The summed E-state index contributed by atoms with van der Waals surface area (Å²) in [6.07, 6.45) is 4.14. The second kappa shape index (κ2) is 5.63. The molecule has 3 heteroatoms. The molecule has 1 N–H and O–H groups in total. The molecule has 1 atom stereocenters. The highest BCUT2D eigenvalue weighted by molar-refractivity contribution is 5.48. The zero-order valence-corrected chi connectivity index (χ0v) is 12.1. The van der Waals surface area contributed by atoms with Gasteiger partial charge in [-0.05, 0) is 56.3 Å². The first-order chi connectivity index (χ1) is 9.72. The summed E-state index contributed by atoms with van der Waals surface area (Å²) in [5.74, 6) is 0. The third-order valence-corrected chi connectivity index (χ3v) is 3.75. The minimum Gasteiger partial charge on any atom is -0.377 e. The lowest BCUT2D eigenvalue weighted by Gasteiger charge is -2.15. The van der Waals surface area contributed by atoms with Gasteiger partial charge in [-0.15, -0.1) is 0 Å². The number of aryl methyl sites for hydroxylation is 1. The Hall–Kier alpha value is -1.87. The molecule has 1 aromatic carbocycles. The van der Waals surface area contributed by atoms with Crippen LogP contribution in [0.4, 0.5) is 5.69 Å². The largest absolute Gasteiger partial charge is 0.377 e. The quantitative estimate of drug-likeness (QED) is 0.921. The summed E-state index contributed by atoms with van der Waals surface area (Å²) in [5, 5.41) is 3.60. The third kappa shape index (κ3) is 2.83. The molecule has 0 saturated carbocycles. The van der Waals surface area contributed by atoms with E-state index >= 15 is 0 Å². The zero-order valence-electron chi connectivity index (χ0n) is 12.1. The van der Waals surface area contributed by atoms with Crippen LogP contribution in [0.25, 0.3) is 0 Å². The molecule has 0 amide bonds. The van der Waals surface area contributed by atoms with Crippen LogP contribution >= 0.6 is 0 Å². The predicted octanol–water partition coefficient (Wildman–Crippen LogP) is 3.24. The van der Waals surface area contributed by atoms with E-state index in [9.17, 15) is 0 Å². The summed E-state index contributed by atoms with van der Waals surface area (Å²) >= 11 is 0. The van der Waals surface area contributed by atoms with E-state index in [1.807, 2.05) is 12.3 Å². The van der Waals surface area contributed by atoms with Crippen LogP contribution in [0.3, 0.4) is 0 Å². The van der Waals surface area contributed by atoms with E-state index in [-0.39, 0.29) is 0 Å². The maximum atomic E-state index is 4.52. The van der Waals surface area contributed by atoms with Crippen molar-refractivity contribution >= 4 is 5.69 Å². The Bertz CT molecular complexity index is 575. The number of pyridine rings is 1. The van der Waals surface area contributed by atoms with Gasteiger partial charge in [-0.1, -0.05) is 18.2 Å². The predicted molar refractivity (Wildman–Crippen MR) is 82.8 cm³/mol. The van der Waals surface area contributed by atoms with Crippen molar-refractivity contribution in [2.45, 2.75) is 25.4 Å². The lowest BCUT2D eigenvalue weighted by Crippen LogP contribution is -2.11. The van der Waals surface area contributed by atoms with Crippen LogP contribution in [0.5, 0.6) is 0 Å². The highest BCUT2D eigenvalue weighted by atomic mass is 15.0. The molecule has 0 aliphatic heterocycles. The topological polar surface area (TPSA) is 28.2 Å². The fraction of sp³-hybridized carbons (Fsp3) is 0.353. The van der Waals surface area contributed by atoms with Crippen molar-refractivity contribution in [2.24, 2.45) is 0 Å². The summed E-state index contributed by atoms with van der Waals surface area (Å²) in [6.45, 7) is 0.980. The summed E-state index contributed by atoms with van der Waals surface area (Å²) in [5.41, 5.74) is 5.11. The number of anilines is 1. The smallest absolute Gasteiger partial charge is 0.0691 e. The van der Waals surface area contributed by atoms with Crippen LogP contribution in [0, 0.1) is 0 Å². The number of hydrogen-bond acceptors (Lipinski definition) is 3. The van der Waals surface area contributed by atoms with Crippen molar-refractivity contribution in [1.29, 1.82) is 0 Å². The molecule has 3 nitrogen and oxygen atoms in total. The molecule has 0 fully saturated rings. The molecular weight excluding hydrogens is 246 g/mol. The molecule has 0 bridgehead atoms. The summed E-state index contributed by atoms with van der Waals surface area (Å²) in [6, 6.07) is 13.3. The number of hydrogen-bond donors (Lipinski definition) is 1. The van der Waals surface area contributed by atoms with Crippen LogP contribution < -0.4 is 5.32 Å². The van der Waals surface area contributed by atoms with Gasteiger partial charge in [-0.25, -0.2) is 0 Å². The van der Waals surface area contributed by atoms with Crippen LogP contribution in [0.1, 0.15) is 29.3 Å². The highest BCUT2D eigenvalue weighted by Crippen LogP contribution is 2.31. The number of fused-ring (bicyclic) bond motifs is 1. The van der Waals surface area contributed by atoms with Crippen molar-refractivity contribution in [2.75, 3.05) is 19.4 Å². The van der Waals surface area contributed by atoms with E-state index in [1.165, 1.54) is 22.5 Å². The summed E-state index contributed by atoms with van der Waals surface area (Å²) < 4.78 is 0. The lowest BCUT2D eigenvalue weighted by atomic mass is 10.1. The zero-order chi connectivity index (χ0) is 13.9. The SMILES string of the molecule is CN(C)Cc1ccc(NC2CCc3cccnc32)cc1. The third-order valence-electron chi connectivity index (χ3n) is 3.75. The Labute approximate surface area is 120 Å². The Kier molecular flexibility index (Phi) is 3.70. The molecule has 1 aliphatic rings. The minimum absolute atomic E-state index is 0.353. The molecule has 2 aromatic rings. The number of nitrogens with zero attached hydrogens (tertiary/aromatic N) is 2. The van der Waals surface area contributed by atoms with Crippen molar-refractivity contribution in [3.63, 3.8) is 0 Å². The van der Waals surface area contributed by atoms with Gasteiger partial charge in [0, 0.05) is 18.4 Å². The maximum Gasteiger partial charge on any atom is 0.0691 e. The van der Waals surface area contributed by atoms with Gasteiger partial charge < -0.3 is 10.2 Å². The summed E-state index contributed by atoms with van der Waals surface area (Å²) in [4.78, 5) is 6.70. The molecule has 20 heavy (non-hydrogen) atoms. The van der Waals surface area contributed by atoms with Gasteiger partial charge in [-0.2, -0.15) is 0 Å². The number of nitrogens with one attached hydrogen (secondary N) is 1. The van der Waals surface area contributed by atoms with Gasteiger partial charge in [0.15, 0.2) is 0 Å². The molecule has 104 valence electrons. The van der Waals surface area contributed by atoms with E-state index < -0.39 is 0 Å². The first-order valence-electron chi connectivity index (χ1n) is 7.16. The monoisotopic (exact) mass is 267 g/mol. The fourth-order valence-corrected chi connectivity index (χ4v) is 2.83. The van der Waals surface area contributed by atoms with Crippen LogP contribution in [-0.4, -0.2) is 24.0 Å². The van der Waals surface area contributed by atoms with Gasteiger partial charge in [-0.3, -0.25) is 4.98 Å².